The van der Waals surface area contributed by atoms with Crippen LogP contribution in [-0.4, -0.2) is 80.6 Å². The van der Waals surface area contributed by atoms with Crippen LogP contribution in [0.15, 0.2) is 24.5 Å². The highest BCUT2D eigenvalue weighted by Gasteiger charge is 2.60. The van der Waals surface area contributed by atoms with Crippen molar-refractivity contribution >= 4 is 23.1 Å². The van der Waals surface area contributed by atoms with Gasteiger partial charge < -0.3 is 25.8 Å². The third kappa shape index (κ3) is 5.14. The van der Waals surface area contributed by atoms with Gasteiger partial charge in [-0.3, -0.25) is 9.59 Å². The molecule has 18 heteroatoms. The van der Waals surface area contributed by atoms with Crippen LogP contribution in [0.5, 0.6) is 5.75 Å². The average molecular weight is 610 g/mol. The maximum Gasteiger partial charge on any atom is 0.426 e. The minimum Gasteiger partial charge on any atom is -0.493 e. The molecule has 3 aromatic rings. The Bertz CT molecular complexity index is 1540. The molecule has 228 valence electrons. The Balaban J connectivity index is 1.69. The third-order valence-corrected chi connectivity index (χ3v) is 6.86. The summed E-state index contributed by atoms with van der Waals surface area (Å²) < 4.78 is 117. The van der Waals surface area contributed by atoms with Crippen molar-refractivity contribution in [2.75, 3.05) is 25.9 Å². The number of rotatable bonds is 6. The fourth-order valence-electron chi connectivity index (χ4n) is 4.65. The van der Waals surface area contributed by atoms with Crippen molar-refractivity contribution in [1.82, 2.24) is 24.8 Å². The summed E-state index contributed by atoms with van der Waals surface area (Å²) in [5, 5.41) is 15.8. The number of nitrogen functional groups attached to an aromatic ring is 1. The first kappa shape index (κ1) is 30.7. The molecule has 1 aliphatic heterocycles. The van der Waals surface area contributed by atoms with Crippen molar-refractivity contribution in [2.24, 2.45) is 0 Å². The number of benzene rings is 1. The summed E-state index contributed by atoms with van der Waals surface area (Å²) in [5.41, 5.74) is -1.32. The Kier molecular flexibility index (Phi) is 7.73. The number of methoxy groups -OCH3 is 1. The number of hydrogen-bond donors (Lipinski definition) is 3. The number of nitrogens with zero attached hydrogens (tertiary/aromatic N) is 4. The second-order valence-corrected chi connectivity index (χ2v) is 9.40. The smallest absolute Gasteiger partial charge is 0.426 e. The van der Waals surface area contributed by atoms with E-state index in [2.05, 4.69) is 15.4 Å². The van der Waals surface area contributed by atoms with Gasteiger partial charge in [-0.25, -0.2) is 18.3 Å². The molecule has 0 spiro atoms. The molecule has 0 radical (unpaired) electrons. The van der Waals surface area contributed by atoms with Crippen LogP contribution in [-0.2, 0) is 11.0 Å². The second-order valence-electron chi connectivity index (χ2n) is 9.40. The molecule has 1 unspecified atom stereocenters. The van der Waals surface area contributed by atoms with E-state index in [1.54, 1.807) is 0 Å². The van der Waals surface area contributed by atoms with Gasteiger partial charge >= 0.3 is 12.4 Å². The summed E-state index contributed by atoms with van der Waals surface area (Å²) in [6, 6.07) is 0.705. The molecule has 1 aliphatic rings. The molecule has 0 saturated carbocycles. The number of likely N-dealkylation sites (tertiary alicyclic amines) is 1. The molecule has 4 rings (SSSR count). The van der Waals surface area contributed by atoms with Crippen LogP contribution >= 0.6 is 0 Å². The van der Waals surface area contributed by atoms with Crippen molar-refractivity contribution in [3.05, 3.63) is 41.5 Å². The first-order valence-electron chi connectivity index (χ1n) is 12.0. The van der Waals surface area contributed by atoms with Crippen molar-refractivity contribution in [3.63, 3.8) is 0 Å². The Morgan fingerprint density at radius 1 is 1.17 bits per heavy atom. The summed E-state index contributed by atoms with van der Waals surface area (Å²) in [5.74, 6) is -5.46. The van der Waals surface area contributed by atoms with E-state index >= 15 is 4.39 Å². The maximum atomic E-state index is 15.1. The SMILES string of the molecule is CCC(O)(C(=O)N1C[C@H](F)[C@H](NC(=O)c2cc(-c3cc(C(F)(F)F)c4c(N)ncnn34)cc(F)c2OC)C1)C(F)(F)F. The second kappa shape index (κ2) is 10.6. The fraction of sp³-hybridized carbons (Fsp3) is 0.417. The van der Waals surface area contributed by atoms with Crippen molar-refractivity contribution in [3.8, 4) is 17.0 Å². The molecule has 3 heterocycles. The Morgan fingerprint density at radius 3 is 2.40 bits per heavy atom. The predicted octanol–water partition coefficient (Wildman–Crippen LogP) is 3.13. The topological polar surface area (TPSA) is 135 Å². The molecular formula is C24H22F8N6O4. The lowest BCUT2D eigenvalue weighted by Crippen LogP contribution is -2.57. The Morgan fingerprint density at radius 2 is 1.83 bits per heavy atom. The van der Waals surface area contributed by atoms with Crippen molar-refractivity contribution in [2.45, 2.75) is 43.5 Å². The van der Waals surface area contributed by atoms with Gasteiger partial charge in [0.15, 0.2) is 17.4 Å². The van der Waals surface area contributed by atoms with E-state index in [4.69, 9.17) is 10.5 Å². The monoisotopic (exact) mass is 610 g/mol. The fourth-order valence-corrected chi connectivity index (χ4v) is 4.65. The van der Waals surface area contributed by atoms with Gasteiger partial charge in [-0.2, -0.15) is 31.4 Å². The van der Waals surface area contributed by atoms with E-state index in [0.29, 0.717) is 11.0 Å². The number of alkyl halides is 7. The standard InChI is InChI=1S/C24H22F8N6O4/c1-3-22(41,24(30,31)32)21(40)37-7-14(26)15(8-37)36-20(39)11-4-10(5-13(25)18(11)42-2)16-6-12(23(27,28)29)17-19(33)34-9-35-38(16)17/h4-6,9,14-15,41H,3,7-8H2,1-2H3,(H,36,39)(H2,33,34,35)/t14-,15+,22?/m0/s1. The van der Waals surface area contributed by atoms with Gasteiger partial charge in [0, 0.05) is 12.1 Å². The number of hydrogen-bond acceptors (Lipinski definition) is 7. The highest BCUT2D eigenvalue weighted by Crippen LogP contribution is 2.40. The molecule has 1 saturated heterocycles. The number of aromatic nitrogens is 3. The number of amides is 2. The van der Waals surface area contributed by atoms with E-state index in [1.807, 2.05) is 0 Å². The zero-order valence-electron chi connectivity index (χ0n) is 21.6. The van der Waals surface area contributed by atoms with E-state index in [0.717, 1.165) is 37.0 Å². The predicted molar refractivity (Wildman–Crippen MR) is 128 cm³/mol. The number of anilines is 1. The lowest BCUT2D eigenvalue weighted by atomic mass is 9.98. The number of nitrogens with two attached hydrogens (primary N) is 1. The Hall–Kier alpha value is -4.22. The molecule has 10 nitrogen and oxygen atoms in total. The number of aliphatic hydroxyl groups is 1. The molecule has 42 heavy (non-hydrogen) atoms. The zero-order chi connectivity index (χ0) is 31.4. The first-order chi connectivity index (χ1) is 19.4. The van der Waals surface area contributed by atoms with E-state index in [-0.39, 0.29) is 11.3 Å². The molecule has 0 aliphatic carbocycles. The van der Waals surface area contributed by atoms with E-state index in [9.17, 15) is 45.4 Å². The quantitative estimate of drug-likeness (QED) is 0.365. The largest absolute Gasteiger partial charge is 0.493 e. The van der Waals surface area contributed by atoms with Crippen LogP contribution in [0.25, 0.3) is 16.8 Å². The van der Waals surface area contributed by atoms with Gasteiger partial charge in [0.25, 0.3) is 11.8 Å². The number of carbonyl (C=O) groups excluding carboxylic acids is 2. The van der Waals surface area contributed by atoms with Crippen LogP contribution in [0.4, 0.5) is 40.9 Å². The van der Waals surface area contributed by atoms with Gasteiger partial charge in [0.1, 0.15) is 18.0 Å². The first-order valence-corrected chi connectivity index (χ1v) is 12.0. The van der Waals surface area contributed by atoms with E-state index in [1.165, 1.54) is 0 Å². The van der Waals surface area contributed by atoms with Gasteiger partial charge in [-0.05, 0) is 24.6 Å². The van der Waals surface area contributed by atoms with Gasteiger partial charge in [-0.1, -0.05) is 6.92 Å². The van der Waals surface area contributed by atoms with Crippen LogP contribution in [0, 0.1) is 5.82 Å². The molecule has 1 fully saturated rings. The zero-order valence-corrected chi connectivity index (χ0v) is 21.6. The molecule has 3 atom stereocenters. The third-order valence-electron chi connectivity index (χ3n) is 6.86. The minimum atomic E-state index is -5.36. The Labute approximate surface area is 231 Å². The summed E-state index contributed by atoms with van der Waals surface area (Å²) in [6.07, 6.45) is -12.6. The summed E-state index contributed by atoms with van der Waals surface area (Å²) >= 11 is 0. The number of ether oxygens (including phenoxy) is 1. The van der Waals surface area contributed by atoms with Gasteiger partial charge in [0.05, 0.1) is 36.5 Å². The maximum absolute atomic E-state index is 15.1. The van der Waals surface area contributed by atoms with Crippen molar-refractivity contribution in [1.29, 1.82) is 0 Å². The van der Waals surface area contributed by atoms with Crippen LogP contribution in [0.2, 0.25) is 0 Å². The molecule has 2 amide bonds. The van der Waals surface area contributed by atoms with Crippen LogP contribution in [0.1, 0.15) is 29.3 Å². The highest BCUT2D eigenvalue weighted by molar-refractivity contribution is 5.99. The summed E-state index contributed by atoms with van der Waals surface area (Å²) in [4.78, 5) is 29.5. The molecule has 2 aromatic heterocycles. The molecule has 1 aromatic carbocycles. The number of carbonyl (C=O) groups is 2. The molecule has 0 bridgehead atoms. The van der Waals surface area contributed by atoms with Crippen molar-refractivity contribution < 1.29 is 54.6 Å². The van der Waals surface area contributed by atoms with E-state index < -0.39 is 95.5 Å². The van der Waals surface area contributed by atoms with Gasteiger partial charge in [-0.15, -0.1) is 0 Å². The number of nitrogens with one attached hydrogen (secondary N) is 1. The molecule has 4 N–H and O–H groups in total. The number of fused-ring (bicyclic) bond motifs is 1. The molecular weight excluding hydrogens is 588 g/mol. The lowest BCUT2D eigenvalue weighted by Gasteiger charge is -2.31. The minimum absolute atomic E-state index is 0.305. The lowest BCUT2D eigenvalue weighted by molar-refractivity contribution is -0.256. The van der Waals surface area contributed by atoms with Crippen LogP contribution < -0.4 is 15.8 Å². The summed E-state index contributed by atoms with van der Waals surface area (Å²) in [6.45, 7) is -0.762. The normalized spacial score (nSPS) is 19.2. The van der Waals surface area contributed by atoms with Gasteiger partial charge in [0.2, 0.25) is 5.60 Å². The number of halogens is 8. The average Bonchev–Trinajstić information content (AvgIpc) is 3.48. The summed E-state index contributed by atoms with van der Waals surface area (Å²) in [7, 11) is 0.980. The van der Waals surface area contributed by atoms with Crippen LogP contribution in [0.3, 0.4) is 0 Å². The highest BCUT2D eigenvalue weighted by atomic mass is 19.4.